The zero-order valence-corrected chi connectivity index (χ0v) is 10.7. The van der Waals surface area contributed by atoms with E-state index in [-0.39, 0.29) is 29.6 Å². The molecule has 0 saturated heterocycles. The Morgan fingerprint density at radius 1 is 0.889 bits per heavy atom. The molecule has 0 spiro atoms. The van der Waals surface area contributed by atoms with E-state index in [1.54, 1.807) is 0 Å². The van der Waals surface area contributed by atoms with E-state index in [1.165, 1.54) is 21.2 Å². The molecule has 3 heteroatoms. The summed E-state index contributed by atoms with van der Waals surface area (Å²) in [6.07, 6.45) is 1.16. The Labute approximate surface area is 135 Å². The topological polar surface area (TPSA) is 3.24 Å². The van der Waals surface area contributed by atoms with Crippen LogP contribution in [0.2, 0.25) is 0 Å². The van der Waals surface area contributed by atoms with Crippen molar-refractivity contribution in [2.24, 2.45) is 0 Å². The number of nitrogens with zero attached hydrogens (tertiary/aromatic N) is 1. The third-order valence-corrected chi connectivity index (χ3v) is 4.11. The summed E-state index contributed by atoms with van der Waals surface area (Å²) in [6.45, 7) is 3.31. The summed E-state index contributed by atoms with van der Waals surface area (Å²) in [5.41, 5.74) is 2.69. The first-order valence-corrected chi connectivity index (χ1v) is 6.85. The number of hydrogen-bond acceptors (Lipinski definition) is 2. The maximum absolute atomic E-state index is 2.43. The van der Waals surface area contributed by atoms with E-state index in [0.29, 0.717) is 0 Å². The van der Waals surface area contributed by atoms with Crippen LogP contribution < -0.4 is 4.90 Å². The number of fused-ring (bicyclic) bond motifs is 2. The molecule has 0 atom stereocenters. The summed E-state index contributed by atoms with van der Waals surface area (Å²) in [7, 11) is 0. The van der Waals surface area contributed by atoms with Gasteiger partial charge in [-0.05, 0) is 30.7 Å². The zero-order chi connectivity index (χ0) is 11.7. The van der Waals surface area contributed by atoms with E-state index in [2.05, 4.69) is 60.4 Å². The summed E-state index contributed by atoms with van der Waals surface area (Å²) in [5, 5.41) is 0. The monoisotopic (exact) mass is 265 g/mol. The molecule has 1 nitrogen and oxygen atoms in total. The predicted octanol–water partition coefficient (Wildman–Crippen LogP) is 4.05. The van der Waals surface area contributed by atoms with Crippen molar-refractivity contribution in [3.05, 3.63) is 48.5 Å². The van der Waals surface area contributed by atoms with Gasteiger partial charge in [0.05, 0.1) is 11.4 Å². The number of rotatable bonds is 2. The van der Waals surface area contributed by atoms with Gasteiger partial charge in [-0.25, -0.2) is 0 Å². The van der Waals surface area contributed by atoms with Crippen LogP contribution in [0.3, 0.4) is 0 Å². The Morgan fingerprint density at radius 3 is 1.89 bits per heavy atom. The summed E-state index contributed by atoms with van der Waals surface area (Å²) < 4.78 is 0. The molecule has 0 amide bonds. The Kier molecular flexibility index (Phi) is 4.79. The fraction of sp³-hybridized carbons (Fsp3) is 0.200. The summed E-state index contributed by atoms with van der Waals surface area (Å²) in [5.74, 6) is 0. The first-order valence-electron chi connectivity index (χ1n) is 6.03. The number of para-hydroxylation sites is 2. The van der Waals surface area contributed by atoms with Crippen LogP contribution in [-0.4, -0.2) is 36.1 Å². The summed E-state index contributed by atoms with van der Waals surface area (Å²) >= 11 is 1.87. The van der Waals surface area contributed by atoms with Crippen molar-refractivity contribution in [3.63, 3.8) is 0 Å². The molecule has 0 aliphatic carbocycles. The summed E-state index contributed by atoms with van der Waals surface area (Å²) in [4.78, 5) is 5.15. The van der Waals surface area contributed by atoms with Gasteiger partial charge in [0, 0.05) is 16.3 Å². The van der Waals surface area contributed by atoms with E-state index in [4.69, 9.17) is 0 Å². The van der Waals surface area contributed by atoms with Crippen LogP contribution in [0.4, 0.5) is 11.4 Å². The van der Waals surface area contributed by atoms with E-state index in [9.17, 15) is 0 Å². The van der Waals surface area contributed by atoms with Crippen LogP contribution in [-0.2, 0) is 0 Å². The minimum atomic E-state index is 0. The molecule has 0 radical (unpaired) electrons. The Bertz CT molecular complexity index is 496. The van der Waals surface area contributed by atoms with Crippen LogP contribution in [0.15, 0.2) is 58.3 Å². The van der Waals surface area contributed by atoms with E-state index >= 15 is 0 Å². The van der Waals surface area contributed by atoms with Crippen molar-refractivity contribution in [2.45, 2.75) is 23.1 Å². The average molecular weight is 265 g/mol. The Morgan fingerprint density at radius 2 is 1.39 bits per heavy atom. The summed E-state index contributed by atoms with van der Waals surface area (Å²) in [6, 6.07) is 17.3. The van der Waals surface area contributed by atoms with Gasteiger partial charge in [-0.1, -0.05) is 43.0 Å². The van der Waals surface area contributed by atoms with E-state index in [1.807, 2.05) is 11.8 Å². The Balaban J connectivity index is 0.00000120. The first-order chi connectivity index (χ1) is 8.40. The quantitative estimate of drug-likeness (QED) is 0.754. The fourth-order valence-electron chi connectivity index (χ4n) is 2.25. The van der Waals surface area contributed by atoms with Gasteiger partial charge in [0.25, 0.3) is 0 Å². The van der Waals surface area contributed by atoms with Crippen molar-refractivity contribution in [3.8, 4) is 0 Å². The van der Waals surface area contributed by atoms with Crippen LogP contribution in [0, 0.1) is 0 Å². The first kappa shape index (κ1) is 14.0. The van der Waals surface area contributed by atoms with Gasteiger partial charge in [0.15, 0.2) is 0 Å². The maximum atomic E-state index is 2.43. The molecule has 1 heterocycles. The predicted molar refractivity (Wildman–Crippen MR) is 81.5 cm³/mol. The molecular formula is C15H16NNaS. The third-order valence-electron chi connectivity index (χ3n) is 2.98. The molecule has 18 heavy (non-hydrogen) atoms. The fourth-order valence-corrected chi connectivity index (χ4v) is 3.34. The van der Waals surface area contributed by atoms with Crippen molar-refractivity contribution >= 4 is 52.7 Å². The normalized spacial score (nSPS) is 12.4. The van der Waals surface area contributed by atoms with Crippen molar-refractivity contribution in [1.82, 2.24) is 0 Å². The number of anilines is 2. The molecule has 1 aliphatic rings. The molecule has 1 aliphatic heterocycles. The second kappa shape index (κ2) is 6.16. The van der Waals surface area contributed by atoms with Crippen molar-refractivity contribution < 1.29 is 0 Å². The number of benzene rings is 2. The van der Waals surface area contributed by atoms with Crippen LogP contribution >= 0.6 is 11.8 Å². The third kappa shape index (κ3) is 2.48. The van der Waals surface area contributed by atoms with Crippen LogP contribution in [0.5, 0.6) is 0 Å². The van der Waals surface area contributed by atoms with Gasteiger partial charge in [0.1, 0.15) is 0 Å². The van der Waals surface area contributed by atoms with Crippen molar-refractivity contribution in [2.75, 3.05) is 11.4 Å². The van der Waals surface area contributed by atoms with Gasteiger partial charge in [-0.2, -0.15) is 0 Å². The van der Waals surface area contributed by atoms with Gasteiger partial charge < -0.3 is 4.90 Å². The Hall–Kier alpha value is -0.410. The van der Waals surface area contributed by atoms with E-state index < -0.39 is 0 Å². The molecule has 0 aromatic heterocycles. The standard InChI is InChI=1S/C15H15NS.Na.H/c1-2-11-16-12-7-3-5-9-14(12)17-15-10-6-4-8-13(15)16;;/h3-10H,2,11H2,1H3;;. The second-order valence-corrected chi connectivity index (χ2v) is 5.27. The van der Waals surface area contributed by atoms with Gasteiger partial charge in [-0.3, -0.25) is 0 Å². The average Bonchev–Trinajstić information content (AvgIpc) is 2.39. The molecule has 0 unspecified atom stereocenters. The zero-order valence-electron chi connectivity index (χ0n) is 9.89. The minimum absolute atomic E-state index is 0. The van der Waals surface area contributed by atoms with Gasteiger partial charge >= 0.3 is 29.6 Å². The molecule has 88 valence electrons. The van der Waals surface area contributed by atoms with Gasteiger partial charge in [-0.15, -0.1) is 0 Å². The molecule has 0 fully saturated rings. The molecule has 0 bridgehead atoms. The van der Waals surface area contributed by atoms with Crippen molar-refractivity contribution in [1.29, 1.82) is 0 Å². The second-order valence-electron chi connectivity index (χ2n) is 4.19. The molecular weight excluding hydrogens is 249 g/mol. The SMILES string of the molecule is CCCN1c2ccccc2Sc2ccccc21.[NaH]. The molecule has 2 aromatic carbocycles. The molecule has 0 saturated carbocycles. The number of hydrogen-bond donors (Lipinski definition) is 0. The molecule has 0 N–H and O–H groups in total. The molecule has 2 aromatic rings. The molecule has 3 rings (SSSR count). The van der Waals surface area contributed by atoms with Gasteiger partial charge in [0.2, 0.25) is 0 Å². The van der Waals surface area contributed by atoms with Crippen LogP contribution in [0.1, 0.15) is 13.3 Å². The van der Waals surface area contributed by atoms with E-state index in [0.717, 1.165) is 13.0 Å². The van der Waals surface area contributed by atoms with Crippen LogP contribution in [0.25, 0.3) is 0 Å².